The Labute approximate surface area is 194 Å². The SMILES string of the molecule is CCNC(=NCCC(=O)Nc1cccc(C)n1)N1CCN(Cc2ccon2)CC1.I. The van der Waals surface area contributed by atoms with Crippen LogP contribution < -0.4 is 10.6 Å². The smallest absolute Gasteiger partial charge is 0.227 e. The zero-order valence-electron chi connectivity index (χ0n) is 17.5. The van der Waals surface area contributed by atoms with Crippen molar-refractivity contribution in [2.45, 2.75) is 26.8 Å². The van der Waals surface area contributed by atoms with Crippen molar-refractivity contribution < 1.29 is 9.32 Å². The summed E-state index contributed by atoms with van der Waals surface area (Å²) in [6.45, 7) is 9.57. The summed E-state index contributed by atoms with van der Waals surface area (Å²) in [7, 11) is 0. The Morgan fingerprint density at radius 3 is 2.70 bits per heavy atom. The fraction of sp³-hybridized carbons (Fsp3) is 0.500. The van der Waals surface area contributed by atoms with Crippen molar-refractivity contribution in [1.82, 2.24) is 25.3 Å². The normalized spacial score (nSPS) is 14.9. The number of halogens is 1. The minimum absolute atomic E-state index is 0. The third kappa shape index (κ3) is 7.56. The Hall–Kier alpha value is -2.21. The average Bonchev–Trinajstić information content (AvgIpc) is 3.21. The van der Waals surface area contributed by atoms with Gasteiger partial charge in [0.2, 0.25) is 5.91 Å². The second-order valence-electron chi connectivity index (χ2n) is 6.95. The van der Waals surface area contributed by atoms with Gasteiger partial charge in [-0.05, 0) is 26.0 Å². The number of anilines is 1. The predicted octanol–water partition coefficient (Wildman–Crippen LogP) is 2.11. The summed E-state index contributed by atoms with van der Waals surface area (Å²) < 4.78 is 4.90. The molecule has 1 amide bonds. The van der Waals surface area contributed by atoms with Crippen LogP contribution in [0.2, 0.25) is 0 Å². The van der Waals surface area contributed by atoms with Gasteiger partial charge in [-0.15, -0.1) is 24.0 Å². The number of pyridine rings is 1. The number of aromatic nitrogens is 2. The second-order valence-corrected chi connectivity index (χ2v) is 6.95. The molecule has 3 heterocycles. The van der Waals surface area contributed by atoms with E-state index in [1.54, 1.807) is 12.3 Å². The molecule has 0 aromatic carbocycles. The van der Waals surface area contributed by atoms with Gasteiger partial charge in [0, 0.05) is 57.4 Å². The number of carbonyl (C=O) groups is 1. The summed E-state index contributed by atoms with van der Waals surface area (Å²) in [5.74, 6) is 1.35. The summed E-state index contributed by atoms with van der Waals surface area (Å²) in [4.78, 5) is 25.7. The molecule has 1 aliphatic heterocycles. The van der Waals surface area contributed by atoms with Crippen molar-refractivity contribution in [3.63, 3.8) is 0 Å². The molecule has 2 aromatic heterocycles. The molecule has 0 bridgehead atoms. The van der Waals surface area contributed by atoms with E-state index in [9.17, 15) is 4.79 Å². The van der Waals surface area contributed by atoms with Gasteiger partial charge in [-0.1, -0.05) is 11.2 Å². The monoisotopic (exact) mass is 527 g/mol. The zero-order chi connectivity index (χ0) is 20.5. The lowest BCUT2D eigenvalue weighted by Crippen LogP contribution is -2.52. The van der Waals surface area contributed by atoms with E-state index in [0.717, 1.165) is 56.6 Å². The number of carbonyl (C=O) groups excluding carboxylic acids is 1. The van der Waals surface area contributed by atoms with Crippen LogP contribution in [0.15, 0.2) is 40.0 Å². The number of amides is 1. The number of aliphatic imine (C=N–C) groups is 1. The average molecular weight is 527 g/mol. The Morgan fingerprint density at radius 1 is 1.23 bits per heavy atom. The van der Waals surface area contributed by atoms with E-state index < -0.39 is 0 Å². The van der Waals surface area contributed by atoms with Gasteiger partial charge in [0.05, 0.1) is 12.2 Å². The Balaban J connectivity index is 0.00000320. The van der Waals surface area contributed by atoms with Crippen LogP contribution in [0.3, 0.4) is 0 Å². The zero-order valence-corrected chi connectivity index (χ0v) is 19.8. The first-order valence-electron chi connectivity index (χ1n) is 10.0. The fourth-order valence-electron chi connectivity index (χ4n) is 3.17. The van der Waals surface area contributed by atoms with E-state index in [0.29, 0.717) is 18.8 Å². The van der Waals surface area contributed by atoms with Crippen molar-refractivity contribution in [3.8, 4) is 0 Å². The second kappa shape index (κ2) is 12.5. The molecule has 2 N–H and O–H groups in total. The predicted molar refractivity (Wildman–Crippen MR) is 127 cm³/mol. The fourth-order valence-corrected chi connectivity index (χ4v) is 3.17. The van der Waals surface area contributed by atoms with Crippen LogP contribution in [0.25, 0.3) is 0 Å². The molecule has 0 spiro atoms. The molecule has 1 fully saturated rings. The van der Waals surface area contributed by atoms with E-state index in [2.05, 4.69) is 35.6 Å². The van der Waals surface area contributed by atoms with E-state index in [-0.39, 0.29) is 29.9 Å². The maximum absolute atomic E-state index is 12.2. The lowest BCUT2D eigenvalue weighted by atomic mass is 10.3. The Morgan fingerprint density at radius 2 is 2.03 bits per heavy atom. The molecule has 0 unspecified atom stereocenters. The lowest BCUT2D eigenvalue weighted by molar-refractivity contribution is -0.116. The van der Waals surface area contributed by atoms with Crippen LogP contribution in [0.5, 0.6) is 0 Å². The van der Waals surface area contributed by atoms with E-state index >= 15 is 0 Å². The number of guanidine groups is 1. The largest absolute Gasteiger partial charge is 0.364 e. The van der Waals surface area contributed by atoms with Crippen LogP contribution in [-0.4, -0.2) is 71.1 Å². The molecule has 10 heteroatoms. The van der Waals surface area contributed by atoms with Gasteiger partial charge in [-0.2, -0.15) is 0 Å². The minimum Gasteiger partial charge on any atom is -0.364 e. The number of aryl methyl sites for hydroxylation is 1. The van der Waals surface area contributed by atoms with Gasteiger partial charge in [-0.3, -0.25) is 14.7 Å². The molecular weight excluding hydrogens is 497 g/mol. The number of nitrogens with zero attached hydrogens (tertiary/aromatic N) is 5. The third-order valence-corrected chi connectivity index (χ3v) is 4.64. The van der Waals surface area contributed by atoms with Crippen LogP contribution in [0.1, 0.15) is 24.7 Å². The lowest BCUT2D eigenvalue weighted by Gasteiger charge is -2.36. The minimum atomic E-state index is -0.0832. The first-order valence-corrected chi connectivity index (χ1v) is 10.0. The molecule has 3 rings (SSSR count). The third-order valence-electron chi connectivity index (χ3n) is 4.64. The molecule has 0 aliphatic carbocycles. The first-order chi connectivity index (χ1) is 14.1. The van der Waals surface area contributed by atoms with E-state index in [1.807, 2.05) is 32.0 Å². The molecule has 0 atom stereocenters. The highest BCUT2D eigenvalue weighted by molar-refractivity contribution is 14.0. The van der Waals surface area contributed by atoms with Gasteiger partial charge < -0.3 is 20.1 Å². The highest BCUT2D eigenvalue weighted by Gasteiger charge is 2.20. The summed E-state index contributed by atoms with van der Waals surface area (Å²) in [5.41, 5.74) is 1.83. The summed E-state index contributed by atoms with van der Waals surface area (Å²) in [6.07, 6.45) is 1.92. The molecule has 0 radical (unpaired) electrons. The van der Waals surface area contributed by atoms with Crippen molar-refractivity contribution in [1.29, 1.82) is 0 Å². The summed E-state index contributed by atoms with van der Waals surface area (Å²) >= 11 is 0. The molecule has 1 saturated heterocycles. The maximum Gasteiger partial charge on any atom is 0.227 e. The van der Waals surface area contributed by atoms with Crippen LogP contribution in [-0.2, 0) is 11.3 Å². The molecule has 0 saturated carbocycles. The van der Waals surface area contributed by atoms with Crippen LogP contribution in [0, 0.1) is 6.92 Å². The first kappa shape index (κ1) is 24.1. The van der Waals surface area contributed by atoms with Gasteiger partial charge in [-0.25, -0.2) is 4.98 Å². The molecule has 9 nitrogen and oxygen atoms in total. The van der Waals surface area contributed by atoms with Crippen molar-refractivity contribution >= 4 is 41.7 Å². The molecule has 30 heavy (non-hydrogen) atoms. The topological polar surface area (TPSA) is 98.9 Å². The van der Waals surface area contributed by atoms with Gasteiger partial charge >= 0.3 is 0 Å². The molecule has 2 aromatic rings. The number of rotatable bonds is 7. The van der Waals surface area contributed by atoms with Gasteiger partial charge in [0.25, 0.3) is 0 Å². The summed E-state index contributed by atoms with van der Waals surface area (Å²) in [6, 6.07) is 7.46. The molecule has 164 valence electrons. The van der Waals surface area contributed by atoms with Crippen molar-refractivity contribution in [2.24, 2.45) is 4.99 Å². The van der Waals surface area contributed by atoms with Crippen LogP contribution in [0.4, 0.5) is 5.82 Å². The highest BCUT2D eigenvalue weighted by Crippen LogP contribution is 2.08. The van der Waals surface area contributed by atoms with Gasteiger partial charge in [0.1, 0.15) is 12.1 Å². The number of piperazine rings is 1. The Bertz CT molecular complexity index is 805. The van der Waals surface area contributed by atoms with Crippen LogP contribution >= 0.6 is 24.0 Å². The van der Waals surface area contributed by atoms with Gasteiger partial charge in [0.15, 0.2) is 5.96 Å². The van der Waals surface area contributed by atoms with Crippen molar-refractivity contribution in [3.05, 3.63) is 41.9 Å². The number of nitrogens with one attached hydrogen (secondary N) is 2. The highest BCUT2D eigenvalue weighted by atomic mass is 127. The standard InChI is InChI=1S/C20H29N7O2.HI/c1-3-21-20(22-9-7-19(28)24-18-6-4-5-16(2)23-18)27-12-10-26(11-13-27)15-17-8-14-29-25-17;/h4-6,8,14H,3,7,9-13,15H2,1-2H3,(H,21,22)(H,23,24,28);1H. The quantitative estimate of drug-likeness (QED) is 0.323. The summed E-state index contributed by atoms with van der Waals surface area (Å²) in [5, 5.41) is 10.1. The molecule has 1 aliphatic rings. The molecular formula is C20H30IN7O2. The Kier molecular flexibility index (Phi) is 10.0. The van der Waals surface area contributed by atoms with E-state index in [1.165, 1.54) is 0 Å². The number of hydrogen-bond acceptors (Lipinski definition) is 6. The van der Waals surface area contributed by atoms with E-state index in [4.69, 9.17) is 4.52 Å². The maximum atomic E-state index is 12.2. The number of hydrogen-bond donors (Lipinski definition) is 2. The van der Waals surface area contributed by atoms with Crippen molar-refractivity contribution in [2.75, 3.05) is 44.6 Å².